The minimum Gasteiger partial charge on any atom is -0.491 e. The lowest BCUT2D eigenvalue weighted by molar-refractivity contribution is -0.135. The SMILES string of the molecule is CCNC(=O)N(CC(=O)N1CCc2sccc2C1COc1ccc(C)cc1)C(C)CC. The molecule has 31 heavy (non-hydrogen) atoms. The number of carbonyl (C=O) groups excluding carboxylic acids is 2. The maximum Gasteiger partial charge on any atom is 0.318 e. The first kappa shape index (κ1) is 23.1. The van der Waals surface area contributed by atoms with E-state index in [1.807, 2.05) is 56.9 Å². The minimum atomic E-state index is -0.189. The number of aryl methyl sites for hydroxylation is 1. The number of ether oxygens (including phenoxy) is 1. The van der Waals surface area contributed by atoms with Gasteiger partial charge in [0.05, 0.1) is 6.04 Å². The summed E-state index contributed by atoms with van der Waals surface area (Å²) in [6, 6.07) is 9.69. The molecule has 0 saturated heterocycles. The van der Waals surface area contributed by atoms with Crippen LogP contribution in [0.25, 0.3) is 0 Å². The highest BCUT2D eigenvalue weighted by Gasteiger charge is 2.34. The molecule has 0 fully saturated rings. The Labute approximate surface area is 189 Å². The van der Waals surface area contributed by atoms with Gasteiger partial charge in [-0.05, 0) is 62.8 Å². The van der Waals surface area contributed by atoms with Crippen LogP contribution in [0.2, 0.25) is 0 Å². The molecule has 3 rings (SSSR count). The first-order valence-corrected chi connectivity index (χ1v) is 11.9. The summed E-state index contributed by atoms with van der Waals surface area (Å²) in [5, 5.41) is 4.92. The van der Waals surface area contributed by atoms with Crippen LogP contribution in [0.5, 0.6) is 5.75 Å². The van der Waals surface area contributed by atoms with E-state index in [-0.39, 0.29) is 30.6 Å². The van der Waals surface area contributed by atoms with E-state index in [4.69, 9.17) is 4.74 Å². The Bertz CT molecular complexity index is 880. The Kier molecular flexibility index (Phi) is 7.96. The van der Waals surface area contributed by atoms with E-state index < -0.39 is 0 Å². The van der Waals surface area contributed by atoms with E-state index >= 15 is 0 Å². The Morgan fingerprint density at radius 3 is 2.68 bits per heavy atom. The second-order valence-electron chi connectivity index (χ2n) is 8.00. The van der Waals surface area contributed by atoms with Crippen molar-refractivity contribution in [1.29, 1.82) is 0 Å². The van der Waals surface area contributed by atoms with E-state index in [0.29, 0.717) is 19.7 Å². The van der Waals surface area contributed by atoms with Crippen LogP contribution < -0.4 is 10.1 Å². The van der Waals surface area contributed by atoms with Crippen LogP contribution in [0.15, 0.2) is 35.7 Å². The molecule has 0 aliphatic carbocycles. The molecule has 0 saturated carbocycles. The van der Waals surface area contributed by atoms with Crippen molar-refractivity contribution in [2.45, 2.75) is 52.6 Å². The Balaban J connectivity index is 1.77. The lowest BCUT2D eigenvalue weighted by Gasteiger charge is -2.38. The number of nitrogens with one attached hydrogen (secondary N) is 1. The van der Waals surface area contributed by atoms with Gasteiger partial charge in [-0.1, -0.05) is 24.6 Å². The monoisotopic (exact) mass is 443 g/mol. The maximum atomic E-state index is 13.4. The molecule has 3 amide bonds. The summed E-state index contributed by atoms with van der Waals surface area (Å²) in [7, 11) is 0. The number of rotatable bonds is 8. The van der Waals surface area contributed by atoms with E-state index in [0.717, 1.165) is 24.2 Å². The molecule has 0 spiro atoms. The molecule has 2 aromatic rings. The van der Waals surface area contributed by atoms with Crippen molar-refractivity contribution in [3.63, 3.8) is 0 Å². The highest BCUT2D eigenvalue weighted by atomic mass is 32.1. The molecule has 0 radical (unpaired) electrons. The van der Waals surface area contributed by atoms with Crippen molar-refractivity contribution in [2.24, 2.45) is 0 Å². The van der Waals surface area contributed by atoms with Gasteiger partial charge in [0, 0.05) is 24.0 Å². The van der Waals surface area contributed by atoms with Crippen molar-refractivity contribution in [3.05, 3.63) is 51.7 Å². The van der Waals surface area contributed by atoms with Crippen LogP contribution in [0.4, 0.5) is 4.79 Å². The van der Waals surface area contributed by atoms with Crippen LogP contribution in [0.3, 0.4) is 0 Å². The van der Waals surface area contributed by atoms with Crippen molar-refractivity contribution in [2.75, 3.05) is 26.2 Å². The van der Waals surface area contributed by atoms with Crippen LogP contribution >= 0.6 is 11.3 Å². The smallest absolute Gasteiger partial charge is 0.318 e. The number of amides is 3. The summed E-state index contributed by atoms with van der Waals surface area (Å²) < 4.78 is 6.08. The Morgan fingerprint density at radius 2 is 2.00 bits per heavy atom. The second kappa shape index (κ2) is 10.7. The second-order valence-corrected chi connectivity index (χ2v) is 9.00. The van der Waals surface area contributed by atoms with Gasteiger partial charge in [0.1, 0.15) is 18.9 Å². The fourth-order valence-corrected chi connectivity index (χ4v) is 4.75. The molecule has 1 N–H and O–H groups in total. The third-order valence-corrected chi connectivity index (χ3v) is 6.86. The number of fused-ring (bicyclic) bond motifs is 1. The number of hydrogen-bond donors (Lipinski definition) is 1. The van der Waals surface area contributed by atoms with E-state index in [1.54, 1.807) is 16.2 Å². The zero-order valence-corrected chi connectivity index (χ0v) is 19.7. The molecule has 7 heteroatoms. The van der Waals surface area contributed by atoms with Gasteiger partial charge in [-0.3, -0.25) is 4.79 Å². The number of nitrogens with zero attached hydrogens (tertiary/aromatic N) is 2. The van der Waals surface area contributed by atoms with Crippen LogP contribution in [0.1, 0.15) is 49.2 Å². The Hall–Kier alpha value is -2.54. The lowest BCUT2D eigenvalue weighted by Crippen LogP contribution is -2.52. The van der Waals surface area contributed by atoms with E-state index in [1.165, 1.54) is 10.4 Å². The lowest BCUT2D eigenvalue weighted by atomic mass is 10.00. The maximum absolute atomic E-state index is 13.4. The van der Waals surface area contributed by atoms with Crippen molar-refractivity contribution >= 4 is 23.3 Å². The molecule has 2 heterocycles. The van der Waals surface area contributed by atoms with Gasteiger partial charge >= 0.3 is 6.03 Å². The molecule has 1 aliphatic heterocycles. The number of benzene rings is 1. The minimum absolute atomic E-state index is 0.0146. The quantitative estimate of drug-likeness (QED) is 0.658. The number of hydrogen-bond acceptors (Lipinski definition) is 4. The molecule has 2 atom stereocenters. The van der Waals surface area contributed by atoms with Gasteiger partial charge in [-0.15, -0.1) is 11.3 Å². The summed E-state index contributed by atoms with van der Waals surface area (Å²) in [6.45, 7) is 9.57. The van der Waals surface area contributed by atoms with Crippen molar-refractivity contribution in [3.8, 4) is 5.75 Å². The fraction of sp³-hybridized carbons (Fsp3) is 0.500. The molecule has 168 valence electrons. The molecule has 1 aliphatic rings. The average Bonchev–Trinajstić information content (AvgIpc) is 3.25. The summed E-state index contributed by atoms with van der Waals surface area (Å²) in [5.41, 5.74) is 2.34. The number of urea groups is 1. The molecule has 6 nitrogen and oxygen atoms in total. The van der Waals surface area contributed by atoms with Crippen molar-refractivity contribution in [1.82, 2.24) is 15.1 Å². The standard InChI is InChI=1S/C24H33N3O3S/c1-5-18(4)27(24(29)25-6-2)15-23(28)26-13-11-22-20(12-14-31-22)21(26)16-30-19-9-7-17(3)8-10-19/h7-10,12,14,18,21H,5-6,11,13,15-16H2,1-4H3,(H,25,29). The van der Waals surface area contributed by atoms with Gasteiger partial charge < -0.3 is 19.9 Å². The van der Waals surface area contributed by atoms with Gasteiger partial charge in [0.25, 0.3) is 0 Å². The third-order valence-electron chi connectivity index (χ3n) is 5.86. The number of thiophene rings is 1. The van der Waals surface area contributed by atoms with Crippen molar-refractivity contribution < 1.29 is 14.3 Å². The van der Waals surface area contributed by atoms with Gasteiger partial charge in [-0.2, -0.15) is 0 Å². The average molecular weight is 444 g/mol. The zero-order chi connectivity index (χ0) is 22.4. The Morgan fingerprint density at radius 1 is 1.26 bits per heavy atom. The summed E-state index contributed by atoms with van der Waals surface area (Å²) in [5.74, 6) is 0.754. The van der Waals surface area contributed by atoms with Crippen LogP contribution in [0, 0.1) is 6.92 Å². The topological polar surface area (TPSA) is 61.9 Å². The predicted octanol–water partition coefficient (Wildman–Crippen LogP) is 4.39. The third kappa shape index (κ3) is 5.58. The summed E-state index contributed by atoms with van der Waals surface area (Å²) in [6.07, 6.45) is 1.63. The first-order chi connectivity index (χ1) is 14.9. The fourth-order valence-electron chi connectivity index (χ4n) is 3.82. The van der Waals surface area contributed by atoms with Gasteiger partial charge in [-0.25, -0.2) is 4.79 Å². The predicted molar refractivity (Wildman–Crippen MR) is 125 cm³/mol. The highest BCUT2D eigenvalue weighted by molar-refractivity contribution is 7.10. The molecule has 1 aromatic heterocycles. The van der Waals surface area contributed by atoms with Crippen LogP contribution in [-0.4, -0.2) is 54.0 Å². The largest absolute Gasteiger partial charge is 0.491 e. The molecule has 0 bridgehead atoms. The van der Waals surface area contributed by atoms with Crippen LogP contribution in [-0.2, 0) is 11.2 Å². The summed E-state index contributed by atoms with van der Waals surface area (Å²) in [4.78, 5) is 30.8. The first-order valence-electron chi connectivity index (χ1n) is 11.0. The molecule has 2 unspecified atom stereocenters. The normalized spacial score (nSPS) is 16.4. The van der Waals surface area contributed by atoms with Gasteiger partial charge in [0.2, 0.25) is 5.91 Å². The molecular weight excluding hydrogens is 410 g/mol. The zero-order valence-electron chi connectivity index (χ0n) is 18.9. The van der Waals surface area contributed by atoms with Gasteiger partial charge in [0.15, 0.2) is 0 Å². The molecule has 1 aromatic carbocycles. The highest BCUT2D eigenvalue weighted by Crippen LogP contribution is 2.34. The molecular formula is C24H33N3O3S. The van der Waals surface area contributed by atoms with E-state index in [2.05, 4.69) is 16.8 Å². The summed E-state index contributed by atoms with van der Waals surface area (Å²) >= 11 is 1.73. The number of carbonyl (C=O) groups is 2. The van der Waals surface area contributed by atoms with E-state index in [9.17, 15) is 9.59 Å².